The summed E-state index contributed by atoms with van der Waals surface area (Å²) in [5, 5.41) is 12.2. The Kier molecular flexibility index (Phi) is 7.20. The van der Waals surface area contributed by atoms with E-state index in [0.29, 0.717) is 22.9 Å². The van der Waals surface area contributed by atoms with Gasteiger partial charge in [0.15, 0.2) is 0 Å². The van der Waals surface area contributed by atoms with E-state index in [-0.39, 0.29) is 0 Å². The molecule has 0 aliphatic rings. The molecule has 0 saturated carbocycles. The highest BCUT2D eigenvalue weighted by Crippen LogP contribution is 2.31. The minimum Gasteiger partial charge on any atom is -0.490 e. The van der Waals surface area contributed by atoms with Crippen molar-refractivity contribution in [3.05, 3.63) is 27.2 Å². The third-order valence-corrected chi connectivity index (χ3v) is 3.59. The fourth-order valence-electron chi connectivity index (χ4n) is 1.71. The van der Waals surface area contributed by atoms with Crippen molar-refractivity contribution in [2.75, 3.05) is 26.2 Å². The Morgan fingerprint density at radius 3 is 2.68 bits per heavy atom. The quantitative estimate of drug-likeness (QED) is 0.464. The lowest BCUT2D eigenvalue weighted by Gasteiger charge is -2.19. The zero-order chi connectivity index (χ0) is 14.3. The molecule has 0 radical (unpaired) electrons. The van der Waals surface area contributed by atoms with Crippen LogP contribution in [-0.2, 0) is 0 Å². The molecule has 0 amide bonds. The number of hydrogen-bond acceptors (Lipinski definition) is 4. The number of hydrogen-bond donors (Lipinski definition) is 1. The van der Waals surface area contributed by atoms with Crippen LogP contribution in [0, 0.1) is 0 Å². The molecule has 4 nitrogen and oxygen atoms in total. The summed E-state index contributed by atoms with van der Waals surface area (Å²) in [5.41, 5.74) is 0.640. The second kappa shape index (κ2) is 8.40. The highest BCUT2D eigenvalue weighted by Gasteiger charge is 2.10. The maximum Gasteiger partial charge on any atom is 0.142 e. The molecule has 6 heteroatoms. The van der Waals surface area contributed by atoms with Crippen LogP contribution in [0.25, 0.3) is 0 Å². The van der Waals surface area contributed by atoms with Crippen LogP contribution < -0.4 is 4.74 Å². The Balaban J connectivity index is 2.76. The second-order valence-electron chi connectivity index (χ2n) is 3.93. The third kappa shape index (κ3) is 5.01. The van der Waals surface area contributed by atoms with Crippen molar-refractivity contribution in [3.63, 3.8) is 0 Å². The summed E-state index contributed by atoms with van der Waals surface area (Å²) in [5.74, 6) is 0.634. The molecule has 0 spiro atoms. The fraction of sp³-hybridized carbons (Fsp3) is 0.462. The molecule has 1 aromatic carbocycles. The molecule has 106 valence electrons. The fourth-order valence-corrected chi connectivity index (χ4v) is 2.66. The lowest BCUT2D eigenvalue weighted by Crippen LogP contribution is -2.28. The number of ether oxygens (including phenoxy) is 1. The second-order valence-corrected chi connectivity index (χ2v) is 5.22. The molecule has 1 rings (SSSR count). The van der Waals surface area contributed by atoms with Gasteiger partial charge in [0.25, 0.3) is 0 Å². The molecule has 0 unspecified atom stereocenters. The van der Waals surface area contributed by atoms with Crippen molar-refractivity contribution in [2.24, 2.45) is 5.16 Å². The normalized spacial score (nSPS) is 11.4. The molecule has 0 saturated heterocycles. The molecule has 0 aliphatic heterocycles. The van der Waals surface area contributed by atoms with Crippen molar-refractivity contribution in [2.45, 2.75) is 13.8 Å². The van der Waals surface area contributed by atoms with Crippen molar-refractivity contribution >= 4 is 33.7 Å². The van der Waals surface area contributed by atoms with E-state index in [9.17, 15) is 0 Å². The summed E-state index contributed by atoms with van der Waals surface area (Å²) in [6.45, 7) is 7.63. The maximum atomic E-state index is 8.66. The van der Waals surface area contributed by atoms with Crippen LogP contribution in [0.4, 0.5) is 0 Å². The van der Waals surface area contributed by atoms with Crippen molar-refractivity contribution < 1.29 is 9.94 Å². The van der Waals surface area contributed by atoms with Gasteiger partial charge in [-0.3, -0.25) is 0 Å². The molecule has 0 atom stereocenters. The van der Waals surface area contributed by atoms with Gasteiger partial charge in [0, 0.05) is 17.1 Å². The van der Waals surface area contributed by atoms with E-state index in [1.807, 2.05) is 0 Å². The number of oxime groups is 1. The largest absolute Gasteiger partial charge is 0.490 e. The van der Waals surface area contributed by atoms with Gasteiger partial charge in [-0.15, -0.1) is 0 Å². The maximum absolute atomic E-state index is 8.66. The van der Waals surface area contributed by atoms with Crippen LogP contribution >= 0.6 is 27.5 Å². The number of rotatable bonds is 7. The number of benzene rings is 1. The monoisotopic (exact) mass is 348 g/mol. The molecule has 19 heavy (non-hydrogen) atoms. The van der Waals surface area contributed by atoms with Crippen molar-refractivity contribution in [1.29, 1.82) is 0 Å². The molecule has 0 aliphatic carbocycles. The lowest BCUT2D eigenvalue weighted by atomic mass is 10.2. The van der Waals surface area contributed by atoms with Gasteiger partial charge < -0.3 is 14.8 Å². The van der Waals surface area contributed by atoms with Gasteiger partial charge in [0.2, 0.25) is 0 Å². The van der Waals surface area contributed by atoms with Gasteiger partial charge in [-0.05, 0) is 41.2 Å². The molecule has 0 heterocycles. The van der Waals surface area contributed by atoms with E-state index >= 15 is 0 Å². The standard InChI is InChI=1S/C13H18BrClN2O2/c1-3-17(4-2)5-6-19-13-10(9-16-18)7-11(15)8-12(13)14/h7-9,18H,3-6H2,1-2H3. The molecular weight excluding hydrogens is 332 g/mol. The van der Waals surface area contributed by atoms with Gasteiger partial charge in [-0.2, -0.15) is 0 Å². The highest BCUT2D eigenvalue weighted by atomic mass is 79.9. The minimum atomic E-state index is 0.554. The summed E-state index contributed by atoms with van der Waals surface area (Å²) in [6.07, 6.45) is 1.31. The van der Waals surface area contributed by atoms with E-state index in [2.05, 4.69) is 39.8 Å². The van der Waals surface area contributed by atoms with Crippen LogP contribution in [0.2, 0.25) is 5.02 Å². The van der Waals surface area contributed by atoms with Gasteiger partial charge in [-0.1, -0.05) is 30.6 Å². The molecule has 0 bridgehead atoms. The third-order valence-electron chi connectivity index (χ3n) is 2.78. The minimum absolute atomic E-state index is 0.554. The molecule has 1 N–H and O–H groups in total. The summed E-state index contributed by atoms with van der Waals surface area (Å²) >= 11 is 9.35. The first kappa shape index (κ1) is 16.3. The van der Waals surface area contributed by atoms with E-state index in [1.54, 1.807) is 12.1 Å². The SMILES string of the molecule is CCN(CC)CCOc1c(Br)cc(Cl)cc1C=NO. The average molecular weight is 350 g/mol. The molecule has 0 fully saturated rings. The number of likely N-dealkylation sites (N-methyl/N-ethyl adjacent to an activating group) is 1. The zero-order valence-electron chi connectivity index (χ0n) is 11.1. The Morgan fingerprint density at radius 2 is 2.11 bits per heavy atom. The van der Waals surface area contributed by atoms with Crippen LogP contribution in [0.3, 0.4) is 0 Å². The van der Waals surface area contributed by atoms with Crippen LogP contribution in [0.5, 0.6) is 5.75 Å². The molecule has 1 aromatic rings. The Bertz CT molecular complexity index is 437. The Hall–Kier alpha value is -0.780. The van der Waals surface area contributed by atoms with E-state index in [0.717, 1.165) is 24.1 Å². The molecule has 0 aromatic heterocycles. The van der Waals surface area contributed by atoms with Gasteiger partial charge in [-0.25, -0.2) is 0 Å². The van der Waals surface area contributed by atoms with E-state index in [1.165, 1.54) is 6.21 Å². The summed E-state index contributed by atoms with van der Waals surface area (Å²) in [7, 11) is 0. The average Bonchev–Trinajstić information content (AvgIpc) is 2.37. The van der Waals surface area contributed by atoms with Crippen LogP contribution in [0.1, 0.15) is 19.4 Å². The number of halogens is 2. The Labute approximate surface area is 127 Å². The zero-order valence-corrected chi connectivity index (χ0v) is 13.4. The first-order valence-corrected chi connectivity index (χ1v) is 7.31. The van der Waals surface area contributed by atoms with Gasteiger partial charge in [0.05, 0.1) is 10.7 Å². The Morgan fingerprint density at radius 1 is 1.42 bits per heavy atom. The summed E-state index contributed by atoms with van der Waals surface area (Å²) in [4.78, 5) is 2.27. The predicted octanol–water partition coefficient (Wildman–Crippen LogP) is 3.63. The van der Waals surface area contributed by atoms with Crippen molar-refractivity contribution in [1.82, 2.24) is 4.90 Å². The van der Waals surface area contributed by atoms with Gasteiger partial charge in [0.1, 0.15) is 12.4 Å². The number of nitrogens with zero attached hydrogens (tertiary/aromatic N) is 2. The van der Waals surface area contributed by atoms with Crippen molar-refractivity contribution in [3.8, 4) is 5.75 Å². The van der Waals surface area contributed by atoms with E-state index < -0.39 is 0 Å². The summed E-state index contributed by atoms with van der Waals surface area (Å²) in [6, 6.07) is 3.45. The summed E-state index contributed by atoms with van der Waals surface area (Å²) < 4.78 is 6.50. The highest BCUT2D eigenvalue weighted by molar-refractivity contribution is 9.10. The first-order valence-electron chi connectivity index (χ1n) is 6.14. The molecular formula is C13H18BrClN2O2. The van der Waals surface area contributed by atoms with Crippen LogP contribution in [0.15, 0.2) is 21.8 Å². The van der Waals surface area contributed by atoms with E-state index in [4.69, 9.17) is 21.5 Å². The first-order chi connectivity index (χ1) is 9.12. The topological polar surface area (TPSA) is 45.1 Å². The lowest BCUT2D eigenvalue weighted by molar-refractivity contribution is 0.222. The van der Waals surface area contributed by atoms with Gasteiger partial charge >= 0.3 is 0 Å². The predicted molar refractivity (Wildman–Crippen MR) is 81.8 cm³/mol. The van der Waals surface area contributed by atoms with Crippen LogP contribution in [-0.4, -0.2) is 42.6 Å². The smallest absolute Gasteiger partial charge is 0.142 e.